The van der Waals surface area contributed by atoms with E-state index in [-0.39, 0.29) is 0 Å². The molecular formula is C7H16N2O2S. The largest absolute Gasteiger partial charge is 0.390 e. The van der Waals surface area contributed by atoms with Gasteiger partial charge >= 0.3 is 0 Å². The number of nitrogens with zero attached hydrogens (tertiary/aromatic N) is 1. The zero-order chi connectivity index (χ0) is 8.97. The molecule has 0 spiro atoms. The Hall–Kier alpha value is 0.0300. The summed E-state index contributed by atoms with van der Waals surface area (Å²) < 4.78 is 11.0. The Kier molecular flexibility index (Phi) is 4.14. The van der Waals surface area contributed by atoms with Crippen molar-refractivity contribution in [3.05, 3.63) is 0 Å². The first kappa shape index (κ1) is 10.1. The first-order chi connectivity index (χ1) is 5.72. The van der Waals surface area contributed by atoms with Gasteiger partial charge in [-0.15, -0.1) is 0 Å². The lowest BCUT2D eigenvalue weighted by Gasteiger charge is -2.27. The van der Waals surface area contributed by atoms with E-state index >= 15 is 0 Å². The van der Waals surface area contributed by atoms with Gasteiger partial charge in [0.1, 0.15) is 0 Å². The minimum atomic E-state index is -0.632. The van der Waals surface area contributed by atoms with E-state index in [9.17, 15) is 9.32 Å². The van der Waals surface area contributed by atoms with Crippen molar-refractivity contribution in [2.75, 3.05) is 37.7 Å². The number of rotatable bonds is 3. The van der Waals surface area contributed by atoms with E-state index in [1.807, 2.05) is 0 Å². The lowest BCUT2D eigenvalue weighted by atomic mass is 10.3. The third-order valence-electron chi connectivity index (χ3n) is 2.01. The van der Waals surface area contributed by atoms with Crippen molar-refractivity contribution in [2.24, 2.45) is 5.73 Å². The number of β-amino-alcohol motifs (C(OH)–C–C–N with tert-alkyl or cyclic N) is 1. The summed E-state index contributed by atoms with van der Waals surface area (Å²) in [5.74, 6) is 1.47. The van der Waals surface area contributed by atoms with Crippen molar-refractivity contribution < 1.29 is 9.32 Å². The normalized spacial score (nSPS) is 24.2. The Morgan fingerprint density at radius 3 is 2.58 bits per heavy atom. The Balaban J connectivity index is 2.21. The fourth-order valence-corrected chi connectivity index (χ4v) is 2.36. The number of hydrogen-bond donors (Lipinski definition) is 2. The van der Waals surface area contributed by atoms with Crippen molar-refractivity contribution in [3.63, 3.8) is 0 Å². The van der Waals surface area contributed by atoms with Crippen LogP contribution in [0.1, 0.15) is 0 Å². The molecule has 0 aromatic heterocycles. The van der Waals surface area contributed by atoms with E-state index in [0.29, 0.717) is 13.1 Å². The van der Waals surface area contributed by atoms with Crippen LogP contribution >= 0.6 is 0 Å². The molecule has 4 nitrogen and oxygen atoms in total. The average molecular weight is 192 g/mol. The summed E-state index contributed by atoms with van der Waals surface area (Å²) in [5, 5.41) is 9.23. The van der Waals surface area contributed by atoms with Gasteiger partial charge < -0.3 is 10.8 Å². The van der Waals surface area contributed by atoms with Crippen LogP contribution in [0.25, 0.3) is 0 Å². The third kappa shape index (κ3) is 3.18. The second-order valence-corrected chi connectivity index (χ2v) is 4.73. The lowest BCUT2D eigenvalue weighted by molar-refractivity contribution is 0.124. The van der Waals surface area contributed by atoms with Crippen LogP contribution in [0.4, 0.5) is 0 Å². The SMILES string of the molecule is NCC(O)CN1CCS(=O)CC1. The Labute approximate surface area is 75.2 Å². The first-order valence-electron chi connectivity index (χ1n) is 4.18. The highest BCUT2D eigenvalue weighted by atomic mass is 32.2. The molecule has 1 saturated heterocycles. The molecule has 1 atom stereocenters. The molecule has 1 aliphatic rings. The standard InChI is InChI=1S/C7H16N2O2S/c8-5-7(10)6-9-1-3-12(11)4-2-9/h7,10H,1-6,8H2. The summed E-state index contributed by atoms with van der Waals surface area (Å²) >= 11 is 0. The van der Waals surface area contributed by atoms with Crippen molar-refractivity contribution >= 4 is 10.8 Å². The van der Waals surface area contributed by atoms with Gasteiger partial charge in [-0.2, -0.15) is 0 Å². The molecular weight excluding hydrogens is 176 g/mol. The van der Waals surface area contributed by atoms with E-state index < -0.39 is 16.9 Å². The Morgan fingerprint density at radius 1 is 1.50 bits per heavy atom. The van der Waals surface area contributed by atoms with Crippen molar-refractivity contribution in [3.8, 4) is 0 Å². The summed E-state index contributed by atoms with van der Waals surface area (Å²) in [4.78, 5) is 2.11. The fraction of sp³-hybridized carbons (Fsp3) is 1.00. The fourth-order valence-electron chi connectivity index (χ4n) is 1.23. The molecule has 1 heterocycles. The third-order valence-corrected chi connectivity index (χ3v) is 3.29. The average Bonchev–Trinajstić information content (AvgIpc) is 2.09. The minimum Gasteiger partial charge on any atom is -0.390 e. The Bertz CT molecular complexity index is 155. The van der Waals surface area contributed by atoms with Crippen LogP contribution in [-0.2, 0) is 10.8 Å². The summed E-state index contributed by atoms with van der Waals surface area (Å²) in [5.41, 5.74) is 5.28. The molecule has 3 N–H and O–H groups in total. The molecule has 0 aliphatic carbocycles. The maximum atomic E-state index is 11.0. The highest BCUT2D eigenvalue weighted by molar-refractivity contribution is 7.85. The zero-order valence-electron chi connectivity index (χ0n) is 7.11. The van der Waals surface area contributed by atoms with Crippen LogP contribution in [0.3, 0.4) is 0 Å². The number of aliphatic hydroxyl groups is 1. The van der Waals surface area contributed by atoms with Crippen LogP contribution in [0, 0.1) is 0 Å². The summed E-state index contributed by atoms with van der Waals surface area (Å²) in [6.07, 6.45) is -0.434. The number of nitrogens with two attached hydrogens (primary N) is 1. The van der Waals surface area contributed by atoms with Crippen molar-refractivity contribution in [1.29, 1.82) is 0 Å². The van der Waals surface area contributed by atoms with Gasteiger partial charge in [-0.05, 0) is 0 Å². The number of aliphatic hydroxyl groups excluding tert-OH is 1. The predicted octanol–water partition coefficient (Wildman–Crippen LogP) is -1.63. The Morgan fingerprint density at radius 2 is 2.08 bits per heavy atom. The van der Waals surface area contributed by atoms with Crippen LogP contribution in [0.15, 0.2) is 0 Å². The van der Waals surface area contributed by atoms with Gasteiger partial charge in [-0.25, -0.2) is 0 Å². The topological polar surface area (TPSA) is 66.6 Å². The van der Waals surface area contributed by atoms with Crippen LogP contribution in [-0.4, -0.2) is 58.0 Å². The zero-order valence-corrected chi connectivity index (χ0v) is 7.92. The molecule has 0 saturated carbocycles. The molecule has 0 amide bonds. The highest BCUT2D eigenvalue weighted by Gasteiger charge is 2.16. The number of hydrogen-bond acceptors (Lipinski definition) is 4. The van der Waals surface area contributed by atoms with Crippen LogP contribution < -0.4 is 5.73 Å². The smallest absolute Gasteiger partial charge is 0.0789 e. The molecule has 12 heavy (non-hydrogen) atoms. The molecule has 1 fully saturated rings. The molecule has 0 aromatic carbocycles. The predicted molar refractivity (Wildman–Crippen MR) is 49.4 cm³/mol. The second-order valence-electron chi connectivity index (χ2n) is 3.04. The monoisotopic (exact) mass is 192 g/mol. The van der Waals surface area contributed by atoms with Crippen molar-refractivity contribution in [1.82, 2.24) is 4.90 Å². The van der Waals surface area contributed by atoms with Gasteiger partial charge in [0.25, 0.3) is 0 Å². The first-order valence-corrected chi connectivity index (χ1v) is 5.66. The van der Waals surface area contributed by atoms with E-state index in [0.717, 1.165) is 24.6 Å². The van der Waals surface area contributed by atoms with Gasteiger partial charge in [-0.3, -0.25) is 9.11 Å². The molecule has 0 aromatic rings. The minimum absolute atomic E-state index is 0.305. The molecule has 0 radical (unpaired) electrons. The lowest BCUT2D eigenvalue weighted by Crippen LogP contribution is -2.43. The van der Waals surface area contributed by atoms with Crippen molar-refractivity contribution in [2.45, 2.75) is 6.10 Å². The molecule has 1 unspecified atom stereocenters. The quantitative estimate of drug-likeness (QED) is 0.563. The molecule has 0 bridgehead atoms. The summed E-state index contributed by atoms with van der Waals surface area (Å²) in [7, 11) is -0.632. The van der Waals surface area contributed by atoms with Crippen LogP contribution in [0.5, 0.6) is 0 Å². The molecule has 1 aliphatic heterocycles. The maximum Gasteiger partial charge on any atom is 0.0789 e. The molecule has 1 rings (SSSR count). The van der Waals surface area contributed by atoms with Gasteiger partial charge in [0.15, 0.2) is 0 Å². The van der Waals surface area contributed by atoms with E-state index in [2.05, 4.69) is 4.90 Å². The maximum absolute atomic E-state index is 11.0. The van der Waals surface area contributed by atoms with Gasteiger partial charge in [0, 0.05) is 48.5 Å². The van der Waals surface area contributed by atoms with Gasteiger partial charge in [0.2, 0.25) is 0 Å². The summed E-state index contributed by atoms with van der Waals surface area (Å²) in [6.45, 7) is 2.57. The second kappa shape index (κ2) is 4.91. The van der Waals surface area contributed by atoms with Gasteiger partial charge in [-0.1, -0.05) is 0 Å². The van der Waals surface area contributed by atoms with E-state index in [1.54, 1.807) is 0 Å². The van der Waals surface area contributed by atoms with E-state index in [1.165, 1.54) is 0 Å². The van der Waals surface area contributed by atoms with Crippen LogP contribution in [0.2, 0.25) is 0 Å². The highest BCUT2D eigenvalue weighted by Crippen LogP contribution is 2.00. The molecule has 72 valence electrons. The van der Waals surface area contributed by atoms with E-state index in [4.69, 9.17) is 5.73 Å². The summed E-state index contributed by atoms with van der Waals surface area (Å²) in [6, 6.07) is 0. The van der Waals surface area contributed by atoms with Gasteiger partial charge in [0.05, 0.1) is 6.10 Å². The molecule has 5 heteroatoms.